The molecule has 0 bridgehead atoms. The van der Waals surface area contributed by atoms with Crippen molar-refractivity contribution in [3.8, 4) is 22.6 Å². The number of halogens is 3. The second-order valence-electron chi connectivity index (χ2n) is 4.64. The predicted molar refractivity (Wildman–Crippen MR) is 80.3 cm³/mol. The zero-order chi connectivity index (χ0) is 16.9. The lowest BCUT2D eigenvalue weighted by atomic mass is 10.0. The summed E-state index contributed by atoms with van der Waals surface area (Å²) in [6.07, 6.45) is -4.76. The van der Waals surface area contributed by atoms with Gasteiger partial charge in [0.2, 0.25) is 0 Å². The van der Waals surface area contributed by atoms with Crippen LogP contribution in [0.5, 0.6) is 11.5 Å². The Bertz CT molecular complexity index is 659. The first-order chi connectivity index (χ1) is 10.9. The fourth-order valence-corrected chi connectivity index (χ4v) is 2.00. The van der Waals surface area contributed by atoms with Crippen LogP contribution in [-0.2, 0) is 4.74 Å². The van der Waals surface area contributed by atoms with Crippen LogP contribution in [-0.4, -0.2) is 26.7 Å². The molecule has 7 heteroatoms. The van der Waals surface area contributed by atoms with E-state index in [1.165, 1.54) is 18.2 Å². The Labute approximate surface area is 131 Å². The predicted octanol–water partition coefficient (Wildman–Crippen LogP) is 3.86. The van der Waals surface area contributed by atoms with Crippen molar-refractivity contribution >= 4 is 5.69 Å². The number of benzene rings is 2. The molecular weight excluding hydrogens is 311 g/mol. The van der Waals surface area contributed by atoms with E-state index in [0.717, 1.165) is 0 Å². The Morgan fingerprint density at radius 3 is 2.39 bits per heavy atom. The Balaban J connectivity index is 2.27. The molecule has 0 atom stereocenters. The molecule has 2 aromatic carbocycles. The first-order valence-electron chi connectivity index (χ1n) is 6.77. The van der Waals surface area contributed by atoms with Gasteiger partial charge in [0.1, 0.15) is 18.1 Å². The fraction of sp³-hybridized carbons (Fsp3) is 0.250. The molecule has 0 heterocycles. The van der Waals surface area contributed by atoms with E-state index in [1.807, 2.05) is 0 Å². The van der Waals surface area contributed by atoms with Gasteiger partial charge in [-0.1, -0.05) is 24.3 Å². The Morgan fingerprint density at radius 2 is 1.74 bits per heavy atom. The van der Waals surface area contributed by atoms with Gasteiger partial charge in [-0.2, -0.15) is 0 Å². The molecule has 0 aliphatic carbocycles. The second kappa shape index (κ2) is 7.23. The molecule has 0 radical (unpaired) electrons. The van der Waals surface area contributed by atoms with Crippen molar-refractivity contribution in [3.63, 3.8) is 0 Å². The lowest BCUT2D eigenvalue weighted by molar-refractivity contribution is -0.274. The number of nitrogens with two attached hydrogens (primary N) is 1. The Hall–Kier alpha value is -2.41. The maximum Gasteiger partial charge on any atom is 0.573 e. The summed E-state index contributed by atoms with van der Waals surface area (Å²) in [6.45, 7) is 0.733. The monoisotopic (exact) mass is 327 g/mol. The van der Waals surface area contributed by atoms with Crippen LogP contribution in [0.1, 0.15) is 0 Å². The fourth-order valence-electron chi connectivity index (χ4n) is 2.00. The summed E-state index contributed by atoms with van der Waals surface area (Å²) in [5.41, 5.74) is 7.00. The molecule has 0 saturated heterocycles. The number of hydrogen-bond donors (Lipinski definition) is 1. The number of methoxy groups -OCH3 is 1. The Kier molecular flexibility index (Phi) is 5.33. The lowest BCUT2D eigenvalue weighted by Gasteiger charge is -2.14. The summed E-state index contributed by atoms with van der Waals surface area (Å²) < 4.78 is 51.8. The average Bonchev–Trinajstić information content (AvgIpc) is 2.48. The number of para-hydroxylation sites is 1. The molecular formula is C16H16F3NO3. The van der Waals surface area contributed by atoms with E-state index in [1.54, 1.807) is 31.4 Å². The molecule has 124 valence electrons. The maximum atomic E-state index is 12.5. The number of anilines is 1. The van der Waals surface area contributed by atoms with Gasteiger partial charge in [-0.15, -0.1) is 13.2 Å². The van der Waals surface area contributed by atoms with Gasteiger partial charge < -0.3 is 19.9 Å². The largest absolute Gasteiger partial charge is 0.573 e. The summed E-state index contributed by atoms with van der Waals surface area (Å²) in [6, 6.07) is 10.6. The Morgan fingerprint density at radius 1 is 1.00 bits per heavy atom. The number of ether oxygens (including phenoxy) is 3. The molecule has 2 rings (SSSR count). The quantitative estimate of drug-likeness (QED) is 0.646. The standard InChI is InChI=1S/C16H16F3NO3/c1-21-8-9-22-15-7-6-11(10-13(15)20)12-4-2-3-5-14(12)23-16(17,18)19/h2-7,10H,8-9,20H2,1H3. The number of alkyl halides is 3. The van der Waals surface area contributed by atoms with Crippen molar-refractivity contribution in [2.45, 2.75) is 6.36 Å². The molecule has 0 unspecified atom stereocenters. The second-order valence-corrected chi connectivity index (χ2v) is 4.64. The highest BCUT2D eigenvalue weighted by Crippen LogP contribution is 2.36. The zero-order valence-electron chi connectivity index (χ0n) is 12.4. The van der Waals surface area contributed by atoms with E-state index in [4.69, 9.17) is 15.2 Å². The molecule has 0 saturated carbocycles. The summed E-state index contributed by atoms with van der Waals surface area (Å²) in [4.78, 5) is 0. The van der Waals surface area contributed by atoms with Gasteiger partial charge in [-0.05, 0) is 23.8 Å². The van der Waals surface area contributed by atoms with Crippen molar-refractivity contribution in [1.82, 2.24) is 0 Å². The van der Waals surface area contributed by atoms with E-state index in [-0.39, 0.29) is 5.75 Å². The summed E-state index contributed by atoms with van der Waals surface area (Å²) in [5.74, 6) is 0.160. The van der Waals surface area contributed by atoms with E-state index in [9.17, 15) is 13.2 Å². The molecule has 4 nitrogen and oxygen atoms in total. The van der Waals surface area contributed by atoms with Gasteiger partial charge in [-0.3, -0.25) is 0 Å². The van der Waals surface area contributed by atoms with E-state index >= 15 is 0 Å². The first kappa shape index (κ1) is 17.0. The van der Waals surface area contributed by atoms with E-state index in [2.05, 4.69) is 4.74 Å². The van der Waals surface area contributed by atoms with Crippen LogP contribution in [0.4, 0.5) is 18.9 Å². The third kappa shape index (κ3) is 4.79. The van der Waals surface area contributed by atoms with Crippen LogP contribution in [0.15, 0.2) is 42.5 Å². The van der Waals surface area contributed by atoms with Crippen LogP contribution in [0.2, 0.25) is 0 Å². The smallest absolute Gasteiger partial charge is 0.489 e. The summed E-state index contributed by atoms with van der Waals surface area (Å²) in [5, 5.41) is 0. The number of hydrogen-bond acceptors (Lipinski definition) is 4. The van der Waals surface area contributed by atoms with Crippen molar-refractivity contribution in [1.29, 1.82) is 0 Å². The van der Waals surface area contributed by atoms with Gasteiger partial charge in [-0.25, -0.2) is 0 Å². The van der Waals surface area contributed by atoms with Crippen molar-refractivity contribution in [2.24, 2.45) is 0 Å². The molecule has 23 heavy (non-hydrogen) atoms. The zero-order valence-corrected chi connectivity index (χ0v) is 12.4. The van der Waals surface area contributed by atoms with Crippen LogP contribution >= 0.6 is 0 Å². The lowest BCUT2D eigenvalue weighted by Crippen LogP contribution is -2.17. The molecule has 2 N–H and O–H groups in total. The number of rotatable bonds is 6. The summed E-state index contributed by atoms with van der Waals surface area (Å²) >= 11 is 0. The SMILES string of the molecule is COCCOc1ccc(-c2ccccc2OC(F)(F)F)cc1N. The van der Waals surface area contributed by atoms with Gasteiger partial charge in [0.05, 0.1) is 12.3 Å². The third-order valence-electron chi connectivity index (χ3n) is 2.98. The number of nitrogen functional groups attached to an aromatic ring is 1. The maximum absolute atomic E-state index is 12.5. The molecule has 0 amide bonds. The normalized spacial score (nSPS) is 11.3. The highest BCUT2D eigenvalue weighted by atomic mass is 19.4. The van der Waals surface area contributed by atoms with Crippen LogP contribution in [0.3, 0.4) is 0 Å². The van der Waals surface area contributed by atoms with Crippen LogP contribution < -0.4 is 15.2 Å². The minimum atomic E-state index is -4.76. The topological polar surface area (TPSA) is 53.7 Å². The molecule has 0 spiro atoms. The molecule has 0 aliphatic heterocycles. The molecule has 0 fully saturated rings. The minimum Gasteiger partial charge on any atom is -0.489 e. The van der Waals surface area contributed by atoms with Crippen molar-refractivity contribution < 1.29 is 27.4 Å². The molecule has 0 aromatic heterocycles. The summed E-state index contributed by atoms with van der Waals surface area (Å²) in [7, 11) is 1.55. The van der Waals surface area contributed by atoms with Gasteiger partial charge >= 0.3 is 6.36 Å². The first-order valence-corrected chi connectivity index (χ1v) is 6.77. The molecule has 0 aliphatic rings. The minimum absolute atomic E-state index is 0.285. The molecule has 2 aromatic rings. The highest BCUT2D eigenvalue weighted by Gasteiger charge is 2.32. The van der Waals surface area contributed by atoms with Gasteiger partial charge in [0, 0.05) is 12.7 Å². The van der Waals surface area contributed by atoms with Gasteiger partial charge in [0.15, 0.2) is 0 Å². The van der Waals surface area contributed by atoms with Crippen molar-refractivity contribution in [3.05, 3.63) is 42.5 Å². The highest BCUT2D eigenvalue weighted by molar-refractivity contribution is 5.75. The van der Waals surface area contributed by atoms with Gasteiger partial charge in [0.25, 0.3) is 0 Å². The van der Waals surface area contributed by atoms with Crippen LogP contribution in [0, 0.1) is 0 Å². The van der Waals surface area contributed by atoms with Crippen molar-refractivity contribution in [2.75, 3.05) is 26.1 Å². The van der Waals surface area contributed by atoms with E-state index < -0.39 is 6.36 Å². The third-order valence-corrected chi connectivity index (χ3v) is 2.98. The van der Waals surface area contributed by atoms with E-state index in [0.29, 0.717) is 35.8 Å². The average molecular weight is 327 g/mol. The van der Waals surface area contributed by atoms with Crippen LogP contribution in [0.25, 0.3) is 11.1 Å².